The minimum absolute atomic E-state index is 0.285. The molecule has 0 fully saturated rings. The lowest BCUT2D eigenvalue weighted by molar-refractivity contribution is 0.0954. The molecule has 0 spiro atoms. The van der Waals surface area contributed by atoms with Crippen molar-refractivity contribution in [2.45, 2.75) is 0 Å². The van der Waals surface area contributed by atoms with Crippen LogP contribution in [0, 0.1) is 0 Å². The number of nitrogens with zero attached hydrogens (tertiary/aromatic N) is 1. The Balaban J connectivity index is 2.11. The quantitative estimate of drug-likeness (QED) is 0.610. The van der Waals surface area contributed by atoms with Crippen molar-refractivity contribution < 1.29 is 9.53 Å². The summed E-state index contributed by atoms with van der Waals surface area (Å²) in [5.41, 5.74) is 3.78. The van der Waals surface area contributed by atoms with Crippen LogP contribution in [0.3, 0.4) is 0 Å². The molecule has 0 saturated heterocycles. The lowest BCUT2D eigenvalue weighted by Crippen LogP contribution is -2.18. The number of hydrogen-bond donors (Lipinski definition) is 1. The molecule has 6 heteroatoms. The molecular formula is C15H12Br2N2O2. The normalized spacial score (nSPS) is 10.6. The van der Waals surface area contributed by atoms with Crippen LogP contribution in [0.1, 0.15) is 15.9 Å². The number of ether oxygens (including phenoxy) is 1. The summed E-state index contributed by atoms with van der Waals surface area (Å²) in [6, 6.07) is 12.7. The third-order valence-corrected chi connectivity index (χ3v) is 3.86. The molecule has 0 atom stereocenters. The second-order valence-corrected chi connectivity index (χ2v) is 5.84. The van der Waals surface area contributed by atoms with Crippen molar-refractivity contribution in [3.05, 3.63) is 62.5 Å². The molecule has 0 heterocycles. The number of hydrogen-bond acceptors (Lipinski definition) is 3. The van der Waals surface area contributed by atoms with Gasteiger partial charge in [-0.3, -0.25) is 4.79 Å². The molecule has 0 aliphatic carbocycles. The number of benzene rings is 2. The molecule has 0 aliphatic rings. The van der Waals surface area contributed by atoms with Gasteiger partial charge in [-0.25, -0.2) is 5.43 Å². The Bertz CT molecular complexity index is 687. The molecule has 21 heavy (non-hydrogen) atoms. The summed E-state index contributed by atoms with van der Waals surface area (Å²) >= 11 is 6.71. The first-order valence-corrected chi connectivity index (χ1v) is 7.62. The molecule has 108 valence electrons. The van der Waals surface area contributed by atoms with Crippen LogP contribution in [0.2, 0.25) is 0 Å². The van der Waals surface area contributed by atoms with Crippen LogP contribution in [0.15, 0.2) is 56.5 Å². The molecule has 4 nitrogen and oxygen atoms in total. The molecule has 0 bridgehead atoms. The summed E-state index contributed by atoms with van der Waals surface area (Å²) in [5, 5.41) is 3.96. The Morgan fingerprint density at radius 1 is 1.24 bits per heavy atom. The van der Waals surface area contributed by atoms with Gasteiger partial charge in [0.15, 0.2) is 0 Å². The first kappa shape index (κ1) is 15.7. The summed E-state index contributed by atoms with van der Waals surface area (Å²) in [6.45, 7) is 0. The number of rotatable bonds is 4. The number of hydrazone groups is 1. The maximum atomic E-state index is 12.0. The Kier molecular flexibility index (Phi) is 5.52. The number of amides is 1. The van der Waals surface area contributed by atoms with Gasteiger partial charge in [0.25, 0.3) is 5.91 Å². The Labute approximate surface area is 139 Å². The van der Waals surface area contributed by atoms with Crippen LogP contribution in [0.5, 0.6) is 5.75 Å². The third-order valence-electron chi connectivity index (χ3n) is 2.68. The Hall–Kier alpha value is -1.66. The molecule has 0 saturated carbocycles. The lowest BCUT2D eigenvalue weighted by atomic mass is 10.2. The summed E-state index contributed by atoms with van der Waals surface area (Å²) in [6.07, 6.45) is 1.54. The predicted molar refractivity (Wildman–Crippen MR) is 89.9 cm³/mol. The van der Waals surface area contributed by atoms with Gasteiger partial charge in [0.1, 0.15) is 5.75 Å². The van der Waals surface area contributed by atoms with Crippen molar-refractivity contribution >= 4 is 44.0 Å². The Morgan fingerprint density at radius 2 is 2.00 bits per heavy atom. The van der Waals surface area contributed by atoms with Gasteiger partial charge in [-0.1, -0.05) is 28.1 Å². The fraction of sp³-hybridized carbons (Fsp3) is 0.0667. The SMILES string of the molecule is COc1ccc(Br)cc1/C=N/NC(=O)c1ccccc1Br. The summed E-state index contributed by atoms with van der Waals surface area (Å²) in [4.78, 5) is 12.0. The third kappa shape index (κ3) is 4.15. The van der Waals surface area contributed by atoms with E-state index in [1.54, 1.807) is 31.5 Å². The second kappa shape index (κ2) is 7.38. The van der Waals surface area contributed by atoms with E-state index in [0.29, 0.717) is 11.3 Å². The van der Waals surface area contributed by atoms with Crippen molar-refractivity contribution in [1.29, 1.82) is 0 Å². The highest BCUT2D eigenvalue weighted by Crippen LogP contribution is 2.21. The van der Waals surface area contributed by atoms with Crippen molar-refractivity contribution in [2.75, 3.05) is 7.11 Å². The average molecular weight is 412 g/mol. The van der Waals surface area contributed by atoms with Crippen molar-refractivity contribution in [1.82, 2.24) is 5.43 Å². The summed E-state index contributed by atoms with van der Waals surface area (Å²) in [5.74, 6) is 0.393. The van der Waals surface area contributed by atoms with Gasteiger partial charge in [-0.2, -0.15) is 5.10 Å². The maximum absolute atomic E-state index is 12.0. The van der Waals surface area contributed by atoms with E-state index in [0.717, 1.165) is 14.5 Å². The minimum Gasteiger partial charge on any atom is -0.496 e. The largest absolute Gasteiger partial charge is 0.496 e. The van der Waals surface area contributed by atoms with Crippen LogP contribution in [-0.4, -0.2) is 19.2 Å². The zero-order valence-corrected chi connectivity index (χ0v) is 14.3. The van der Waals surface area contributed by atoms with Gasteiger partial charge in [0.05, 0.1) is 18.9 Å². The molecule has 0 unspecified atom stereocenters. The van der Waals surface area contributed by atoms with Crippen LogP contribution < -0.4 is 10.2 Å². The molecular weight excluding hydrogens is 400 g/mol. The van der Waals surface area contributed by atoms with Gasteiger partial charge in [-0.15, -0.1) is 0 Å². The highest BCUT2D eigenvalue weighted by molar-refractivity contribution is 9.10. The molecule has 0 aromatic heterocycles. The highest BCUT2D eigenvalue weighted by atomic mass is 79.9. The number of nitrogens with one attached hydrogen (secondary N) is 1. The van der Waals surface area contributed by atoms with Crippen LogP contribution in [0.25, 0.3) is 0 Å². The fourth-order valence-electron chi connectivity index (χ4n) is 1.67. The van der Waals surface area contributed by atoms with Gasteiger partial charge < -0.3 is 4.74 Å². The molecule has 2 rings (SSSR count). The molecule has 0 radical (unpaired) electrons. The molecule has 2 aromatic carbocycles. The van der Waals surface area contributed by atoms with E-state index in [4.69, 9.17) is 4.74 Å². The van der Waals surface area contributed by atoms with Crippen LogP contribution in [-0.2, 0) is 0 Å². The van der Waals surface area contributed by atoms with Crippen molar-refractivity contribution in [3.63, 3.8) is 0 Å². The van der Waals surface area contributed by atoms with Gasteiger partial charge in [0.2, 0.25) is 0 Å². The topological polar surface area (TPSA) is 50.7 Å². The minimum atomic E-state index is -0.285. The second-order valence-electron chi connectivity index (χ2n) is 4.07. The lowest BCUT2D eigenvalue weighted by Gasteiger charge is -2.05. The predicted octanol–water partition coefficient (Wildman–Crippen LogP) is 3.98. The zero-order valence-electron chi connectivity index (χ0n) is 11.1. The van der Waals surface area contributed by atoms with E-state index in [9.17, 15) is 4.79 Å². The van der Waals surface area contributed by atoms with Crippen molar-refractivity contribution in [3.8, 4) is 5.75 Å². The highest BCUT2D eigenvalue weighted by Gasteiger charge is 2.07. The first-order chi connectivity index (χ1) is 10.1. The summed E-state index contributed by atoms with van der Waals surface area (Å²) in [7, 11) is 1.58. The smallest absolute Gasteiger partial charge is 0.272 e. The molecule has 0 aliphatic heterocycles. The van der Waals surface area contributed by atoms with E-state index in [2.05, 4.69) is 42.4 Å². The zero-order chi connectivity index (χ0) is 15.2. The van der Waals surface area contributed by atoms with Crippen LogP contribution in [0.4, 0.5) is 0 Å². The van der Waals surface area contributed by atoms with E-state index in [1.807, 2.05) is 24.3 Å². The summed E-state index contributed by atoms with van der Waals surface area (Å²) < 4.78 is 6.85. The fourth-order valence-corrected chi connectivity index (χ4v) is 2.52. The first-order valence-electron chi connectivity index (χ1n) is 6.03. The number of carbonyl (C=O) groups is 1. The van der Waals surface area contributed by atoms with E-state index < -0.39 is 0 Å². The van der Waals surface area contributed by atoms with Gasteiger partial charge >= 0.3 is 0 Å². The van der Waals surface area contributed by atoms with E-state index in [1.165, 1.54) is 0 Å². The molecule has 1 amide bonds. The van der Waals surface area contributed by atoms with Crippen LogP contribution >= 0.6 is 31.9 Å². The van der Waals surface area contributed by atoms with Gasteiger partial charge in [0, 0.05) is 14.5 Å². The van der Waals surface area contributed by atoms with E-state index in [-0.39, 0.29) is 5.91 Å². The monoisotopic (exact) mass is 410 g/mol. The standard InChI is InChI=1S/C15H12Br2N2O2/c1-21-14-7-6-11(16)8-10(14)9-18-19-15(20)12-4-2-3-5-13(12)17/h2-9H,1H3,(H,19,20)/b18-9+. The van der Waals surface area contributed by atoms with E-state index >= 15 is 0 Å². The molecule has 1 N–H and O–H groups in total. The number of carbonyl (C=O) groups excluding carboxylic acids is 1. The van der Waals surface area contributed by atoms with Gasteiger partial charge in [-0.05, 0) is 46.3 Å². The Morgan fingerprint density at radius 3 is 2.71 bits per heavy atom. The molecule has 2 aromatic rings. The number of halogens is 2. The van der Waals surface area contributed by atoms with Crippen molar-refractivity contribution in [2.24, 2.45) is 5.10 Å². The average Bonchev–Trinajstić information content (AvgIpc) is 2.48. The maximum Gasteiger partial charge on any atom is 0.272 e. The number of methoxy groups -OCH3 is 1.